The molecule has 4 aromatic rings. The van der Waals surface area contributed by atoms with E-state index in [2.05, 4.69) is 26.7 Å². The predicted octanol–water partition coefficient (Wildman–Crippen LogP) is 5.63. The largest absolute Gasteiger partial charge is 0.478 e. The van der Waals surface area contributed by atoms with Gasteiger partial charge in [0.05, 0.1) is 16.0 Å². The number of nitrogens with zero attached hydrogens (tertiary/aromatic N) is 3. The van der Waals surface area contributed by atoms with E-state index in [0.717, 1.165) is 18.8 Å². The lowest BCUT2D eigenvalue weighted by atomic mass is 10.1. The summed E-state index contributed by atoms with van der Waals surface area (Å²) < 4.78 is 28.4. The van der Waals surface area contributed by atoms with Crippen molar-refractivity contribution < 1.29 is 18.3 Å². The van der Waals surface area contributed by atoms with Gasteiger partial charge in [-0.1, -0.05) is 36.4 Å². The van der Waals surface area contributed by atoms with Crippen LogP contribution in [0.1, 0.15) is 15.9 Å². The normalized spacial score (nSPS) is 13.1. The van der Waals surface area contributed by atoms with Crippen LogP contribution in [-0.2, 0) is 10.0 Å². The molecule has 39 heavy (non-hydrogen) atoms. The Morgan fingerprint density at radius 1 is 0.846 bits per heavy atom. The number of aromatic carboxylic acids is 1. The highest BCUT2D eigenvalue weighted by Gasteiger charge is 2.22. The number of hydrogen-bond acceptors (Lipinski definition) is 6. The summed E-state index contributed by atoms with van der Waals surface area (Å²) in [7, 11) is -3.83. The maximum Gasteiger partial charge on any atom is 0.336 e. The summed E-state index contributed by atoms with van der Waals surface area (Å²) in [5.41, 5.74) is 2.64. The average molecular weight is 612 g/mol. The summed E-state index contributed by atoms with van der Waals surface area (Å²) in [4.78, 5) is 21.4. The van der Waals surface area contributed by atoms with Gasteiger partial charge in [-0.3, -0.25) is 4.72 Å². The Morgan fingerprint density at radius 3 is 2.10 bits per heavy atom. The standard InChI is InChI=1S/C27H26N4O4S.3ClH/c1-19-7-5-6-10-25(19)36(34,35)29-20-11-12-24-22(17-20)23(27(32)33)18-26(28-24)31-15-13-30(14-16-31)21-8-3-2-4-9-21;;;/h2-12,17-18,29H,13-16H2,1H3,(H,32,33);3*1H. The molecule has 1 aromatic heterocycles. The Kier molecular flexibility index (Phi) is 10.8. The second kappa shape index (κ2) is 13.2. The van der Waals surface area contributed by atoms with Crippen molar-refractivity contribution >= 4 is 81.3 Å². The van der Waals surface area contributed by atoms with E-state index in [1.165, 1.54) is 12.1 Å². The highest BCUT2D eigenvalue weighted by molar-refractivity contribution is 7.92. The second-order valence-electron chi connectivity index (χ2n) is 8.75. The van der Waals surface area contributed by atoms with Gasteiger partial charge in [0.2, 0.25) is 0 Å². The number of sulfonamides is 1. The van der Waals surface area contributed by atoms with Gasteiger partial charge in [0.15, 0.2) is 0 Å². The zero-order valence-electron chi connectivity index (χ0n) is 21.0. The summed E-state index contributed by atoms with van der Waals surface area (Å²) >= 11 is 0. The molecule has 2 heterocycles. The lowest BCUT2D eigenvalue weighted by molar-refractivity contribution is 0.0699. The number of benzene rings is 3. The maximum atomic E-state index is 12.9. The van der Waals surface area contributed by atoms with Crippen LogP contribution in [0.4, 0.5) is 17.2 Å². The molecule has 3 aromatic carbocycles. The van der Waals surface area contributed by atoms with E-state index in [1.54, 1.807) is 43.3 Å². The number of aromatic nitrogens is 1. The number of aryl methyl sites for hydroxylation is 1. The molecular formula is C27H29Cl3N4O4S. The van der Waals surface area contributed by atoms with Crippen LogP contribution in [0.15, 0.2) is 83.8 Å². The minimum absolute atomic E-state index is 0. The summed E-state index contributed by atoms with van der Waals surface area (Å²) in [5.74, 6) is -0.494. The monoisotopic (exact) mass is 610 g/mol. The van der Waals surface area contributed by atoms with Gasteiger partial charge in [-0.05, 0) is 55.0 Å². The van der Waals surface area contributed by atoms with Crippen molar-refractivity contribution in [3.05, 3.63) is 90.0 Å². The van der Waals surface area contributed by atoms with E-state index in [9.17, 15) is 18.3 Å². The Hall–Kier alpha value is -3.24. The Balaban J connectivity index is 0.00000178. The quantitative estimate of drug-likeness (QED) is 0.291. The average Bonchev–Trinajstić information content (AvgIpc) is 2.88. The second-order valence-corrected chi connectivity index (χ2v) is 10.4. The number of pyridine rings is 1. The van der Waals surface area contributed by atoms with Crippen molar-refractivity contribution in [3.8, 4) is 0 Å². The maximum absolute atomic E-state index is 12.9. The van der Waals surface area contributed by atoms with Crippen LogP contribution in [0.25, 0.3) is 10.9 Å². The number of carboxylic acid groups (broad SMARTS) is 1. The number of hydrogen-bond donors (Lipinski definition) is 2. The SMILES string of the molecule is Cc1ccccc1S(=O)(=O)Nc1ccc2nc(N3CCN(c4ccccc4)CC3)cc(C(=O)O)c2c1.Cl.Cl.Cl. The summed E-state index contributed by atoms with van der Waals surface area (Å²) in [5, 5.41) is 10.3. The Labute approximate surface area is 246 Å². The van der Waals surface area contributed by atoms with Crippen molar-refractivity contribution in [2.45, 2.75) is 11.8 Å². The Morgan fingerprint density at radius 2 is 1.46 bits per heavy atom. The fourth-order valence-corrected chi connectivity index (χ4v) is 5.81. The van der Waals surface area contributed by atoms with Crippen LogP contribution in [0, 0.1) is 6.92 Å². The summed E-state index contributed by atoms with van der Waals surface area (Å²) in [6.07, 6.45) is 0. The minimum atomic E-state index is -3.83. The smallest absolute Gasteiger partial charge is 0.336 e. The summed E-state index contributed by atoms with van der Waals surface area (Å²) in [6, 6.07) is 23.2. The number of piperazine rings is 1. The van der Waals surface area contributed by atoms with Crippen LogP contribution >= 0.6 is 37.2 Å². The number of halogens is 3. The molecule has 0 radical (unpaired) electrons. The van der Waals surface area contributed by atoms with Gasteiger partial charge < -0.3 is 14.9 Å². The van der Waals surface area contributed by atoms with Gasteiger partial charge >= 0.3 is 5.97 Å². The van der Waals surface area contributed by atoms with Crippen molar-refractivity contribution in [1.82, 2.24) is 4.98 Å². The molecule has 0 atom stereocenters. The third-order valence-corrected chi connectivity index (χ3v) is 7.93. The zero-order valence-corrected chi connectivity index (χ0v) is 24.2. The Bertz CT molecular complexity index is 1550. The number of anilines is 3. The molecule has 12 heteroatoms. The third kappa shape index (κ3) is 6.86. The molecule has 0 amide bonds. The van der Waals surface area contributed by atoms with E-state index in [0.29, 0.717) is 35.4 Å². The lowest BCUT2D eigenvalue weighted by Crippen LogP contribution is -2.46. The first-order valence-electron chi connectivity index (χ1n) is 11.6. The highest BCUT2D eigenvalue weighted by Crippen LogP contribution is 2.28. The van der Waals surface area contributed by atoms with Crippen molar-refractivity contribution in [2.24, 2.45) is 0 Å². The van der Waals surface area contributed by atoms with E-state index >= 15 is 0 Å². The molecule has 1 aliphatic heterocycles. The fourth-order valence-electron chi connectivity index (χ4n) is 4.51. The highest BCUT2D eigenvalue weighted by atomic mass is 35.5. The molecular weight excluding hydrogens is 583 g/mol. The van der Waals surface area contributed by atoms with Gasteiger partial charge in [0.1, 0.15) is 5.82 Å². The predicted molar refractivity (Wildman–Crippen MR) is 163 cm³/mol. The number of carbonyl (C=O) groups is 1. The first-order valence-corrected chi connectivity index (χ1v) is 13.1. The zero-order chi connectivity index (χ0) is 25.3. The number of rotatable bonds is 6. The molecule has 1 saturated heterocycles. The molecule has 0 unspecified atom stereocenters. The van der Waals surface area contributed by atoms with Gasteiger partial charge in [-0.2, -0.15) is 0 Å². The molecule has 2 N–H and O–H groups in total. The minimum Gasteiger partial charge on any atom is -0.478 e. The van der Waals surface area contributed by atoms with Crippen molar-refractivity contribution in [3.63, 3.8) is 0 Å². The summed E-state index contributed by atoms with van der Waals surface area (Å²) in [6.45, 7) is 4.74. The number of fused-ring (bicyclic) bond motifs is 1. The van der Waals surface area contributed by atoms with Crippen LogP contribution in [-0.4, -0.2) is 50.7 Å². The lowest BCUT2D eigenvalue weighted by Gasteiger charge is -2.37. The first kappa shape index (κ1) is 32.0. The number of nitrogens with one attached hydrogen (secondary N) is 1. The van der Waals surface area contributed by atoms with Gasteiger partial charge in [-0.15, -0.1) is 37.2 Å². The topological polar surface area (TPSA) is 103 Å². The number of para-hydroxylation sites is 1. The van der Waals surface area contributed by atoms with E-state index < -0.39 is 16.0 Å². The van der Waals surface area contributed by atoms with E-state index in [1.807, 2.05) is 18.2 Å². The molecule has 0 spiro atoms. The van der Waals surface area contributed by atoms with E-state index in [-0.39, 0.29) is 53.4 Å². The third-order valence-electron chi connectivity index (χ3n) is 6.39. The van der Waals surface area contributed by atoms with Crippen LogP contribution in [0.3, 0.4) is 0 Å². The fraction of sp³-hybridized carbons (Fsp3) is 0.185. The van der Waals surface area contributed by atoms with Gasteiger partial charge in [0.25, 0.3) is 10.0 Å². The first-order chi connectivity index (χ1) is 17.3. The molecule has 1 aliphatic rings. The van der Waals surface area contributed by atoms with E-state index in [4.69, 9.17) is 4.98 Å². The van der Waals surface area contributed by atoms with Crippen LogP contribution < -0.4 is 14.5 Å². The molecule has 8 nitrogen and oxygen atoms in total. The molecule has 1 fully saturated rings. The number of carboxylic acids is 1. The van der Waals surface area contributed by atoms with Crippen LogP contribution in [0.2, 0.25) is 0 Å². The van der Waals surface area contributed by atoms with Gasteiger partial charge in [-0.25, -0.2) is 18.2 Å². The van der Waals surface area contributed by atoms with Crippen molar-refractivity contribution in [2.75, 3.05) is 40.7 Å². The molecule has 0 aliphatic carbocycles. The van der Waals surface area contributed by atoms with Gasteiger partial charge in [0, 0.05) is 42.9 Å². The molecule has 0 bridgehead atoms. The van der Waals surface area contributed by atoms with Crippen LogP contribution in [0.5, 0.6) is 0 Å². The molecule has 208 valence electrons. The molecule has 0 saturated carbocycles. The van der Waals surface area contributed by atoms with Crippen molar-refractivity contribution in [1.29, 1.82) is 0 Å². The molecule has 5 rings (SSSR count).